The molecule has 0 radical (unpaired) electrons. The quantitative estimate of drug-likeness (QED) is 0.648. The van der Waals surface area contributed by atoms with Gasteiger partial charge >= 0.3 is 0 Å². The molecule has 0 aliphatic carbocycles. The average molecular weight is 436 g/mol. The van der Waals surface area contributed by atoms with Gasteiger partial charge in [-0.25, -0.2) is 0 Å². The summed E-state index contributed by atoms with van der Waals surface area (Å²) in [4.78, 5) is 19.5. The van der Waals surface area contributed by atoms with Crippen LogP contribution in [-0.2, 0) is 13.1 Å². The zero-order valence-corrected chi connectivity index (χ0v) is 19.0. The molecule has 2 aromatic carbocycles. The Morgan fingerprint density at radius 2 is 1.69 bits per heavy atom. The summed E-state index contributed by atoms with van der Waals surface area (Å²) in [6.45, 7) is 10.6. The number of piperidine rings is 1. The van der Waals surface area contributed by atoms with E-state index in [2.05, 4.69) is 39.0 Å². The predicted octanol–water partition coefficient (Wildman–Crippen LogP) is 3.40. The minimum Gasteiger partial charge on any atom is -0.454 e. The summed E-state index contributed by atoms with van der Waals surface area (Å²) in [7, 11) is 0. The topological polar surface area (TPSA) is 45.3 Å². The largest absolute Gasteiger partial charge is 0.454 e. The second kappa shape index (κ2) is 9.61. The minimum atomic E-state index is 0.141. The minimum absolute atomic E-state index is 0.141. The number of carbonyl (C=O) groups is 1. The lowest BCUT2D eigenvalue weighted by Gasteiger charge is -2.43. The Hall–Kier alpha value is -2.41. The zero-order chi connectivity index (χ0) is 21.9. The van der Waals surface area contributed by atoms with Crippen LogP contribution >= 0.6 is 0 Å². The van der Waals surface area contributed by atoms with E-state index in [1.807, 2.05) is 18.2 Å². The number of ketones is 1. The molecule has 3 aliphatic rings. The SMILES string of the molecule is CC(=O)c1cccc(CN2CCCC(N3CCN(Cc4ccc5c(c4)OCO5)CC3)C2)c1. The highest BCUT2D eigenvalue weighted by Crippen LogP contribution is 2.33. The van der Waals surface area contributed by atoms with Crippen LogP contribution in [0.2, 0.25) is 0 Å². The second-order valence-electron chi connectivity index (χ2n) is 9.29. The molecule has 3 aliphatic heterocycles. The first-order valence-electron chi connectivity index (χ1n) is 11.8. The molecular weight excluding hydrogens is 402 g/mol. The highest BCUT2D eigenvalue weighted by Gasteiger charge is 2.28. The van der Waals surface area contributed by atoms with Gasteiger partial charge in [-0.15, -0.1) is 0 Å². The molecule has 32 heavy (non-hydrogen) atoms. The van der Waals surface area contributed by atoms with Crippen molar-refractivity contribution in [2.24, 2.45) is 0 Å². The van der Waals surface area contributed by atoms with E-state index in [0.29, 0.717) is 12.8 Å². The Morgan fingerprint density at radius 1 is 0.906 bits per heavy atom. The summed E-state index contributed by atoms with van der Waals surface area (Å²) in [5, 5.41) is 0. The number of fused-ring (bicyclic) bond motifs is 1. The van der Waals surface area contributed by atoms with E-state index in [4.69, 9.17) is 9.47 Å². The molecule has 3 heterocycles. The van der Waals surface area contributed by atoms with Crippen LogP contribution in [-0.4, -0.2) is 72.6 Å². The van der Waals surface area contributed by atoms with Gasteiger partial charge in [0.15, 0.2) is 17.3 Å². The van der Waals surface area contributed by atoms with Gasteiger partial charge in [-0.3, -0.25) is 19.5 Å². The maximum Gasteiger partial charge on any atom is 0.231 e. The fourth-order valence-electron chi connectivity index (χ4n) is 5.20. The summed E-state index contributed by atoms with van der Waals surface area (Å²) in [5.41, 5.74) is 3.35. The highest BCUT2D eigenvalue weighted by atomic mass is 16.7. The molecule has 2 aromatic rings. The van der Waals surface area contributed by atoms with E-state index in [1.165, 1.54) is 24.0 Å². The summed E-state index contributed by atoms with van der Waals surface area (Å²) in [6.07, 6.45) is 2.53. The molecule has 0 N–H and O–H groups in total. The number of hydrogen-bond acceptors (Lipinski definition) is 6. The Morgan fingerprint density at radius 3 is 2.53 bits per heavy atom. The highest BCUT2D eigenvalue weighted by molar-refractivity contribution is 5.94. The Balaban J connectivity index is 1.12. The van der Waals surface area contributed by atoms with Crippen molar-refractivity contribution < 1.29 is 14.3 Å². The van der Waals surface area contributed by atoms with E-state index in [0.717, 1.165) is 69.4 Å². The molecule has 170 valence electrons. The predicted molar refractivity (Wildman–Crippen MR) is 124 cm³/mol. The number of nitrogens with zero attached hydrogens (tertiary/aromatic N) is 3. The molecule has 0 aromatic heterocycles. The number of Topliss-reactive ketones (excluding diaryl/α,β-unsaturated/α-hetero) is 1. The standard InChI is InChI=1S/C26H33N3O3/c1-20(30)23-5-2-4-21(14-23)17-28-9-3-6-24(18-28)29-12-10-27(11-13-29)16-22-7-8-25-26(15-22)32-19-31-25/h2,4-5,7-8,14-15,24H,3,6,9-13,16-19H2,1H3. The van der Waals surface area contributed by atoms with Crippen molar-refractivity contribution in [2.75, 3.05) is 46.1 Å². The Labute approximate surface area is 190 Å². The molecule has 5 rings (SSSR count). The van der Waals surface area contributed by atoms with E-state index >= 15 is 0 Å². The summed E-state index contributed by atoms with van der Waals surface area (Å²) < 4.78 is 11.0. The van der Waals surface area contributed by atoms with Crippen molar-refractivity contribution in [1.82, 2.24) is 14.7 Å². The van der Waals surface area contributed by atoms with Gasteiger partial charge in [0.1, 0.15) is 0 Å². The third-order valence-corrected chi connectivity index (χ3v) is 6.99. The summed E-state index contributed by atoms with van der Waals surface area (Å²) in [5.74, 6) is 1.87. The monoisotopic (exact) mass is 435 g/mol. The van der Waals surface area contributed by atoms with Gasteiger partial charge in [-0.2, -0.15) is 0 Å². The van der Waals surface area contributed by atoms with Gasteiger partial charge in [0.25, 0.3) is 0 Å². The van der Waals surface area contributed by atoms with Gasteiger partial charge in [0.05, 0.1) is 0 Å². The lowest BCUT2D eigenvalue weighted by molar-refractivity contribution is 0.0477. The molecule has 1 atom stereocenters. The van der Waals surface area contributed by atoms with Crippen LogP contribution in [0.15, 0.2) is 42.5 Å². The second-order valence-corrected chi connectivity index (χ2v) is 9.29. The lowest BCUT2D eigenvalue weighted by atomic mass is 10.0. The number of ether oxygens (including phenoxy) is 2. The first kappa shape index (κ1) is 21.4. The van der Waals surface area contributed by atoms with Gasteiger partial charge in [-0.05, 0) is 55.6 Å². The maximum atomic E-state index is 11.7. The molecule has 2 fully saturated rings. The fraction of sp³-hybridized carbons (Fsp3) is 0.500. The van der Waals surface area contributed by atoms with Crippen LogP contribution in [0.5, 0.6) is 11.5 Å². The van der Waals surface area contributed by atoms with E-state index in [1.54, 1.807) is 6.92 Å². The third-order valence-electron chi connectivity index (χ3n) is 6.99. The molecule has 6 heteroatoms. The van der Waals surface area contributed by atoms with Crippen LogP contribution in [0.25, 0.3) is 0 Å². The van der Waals surface area contributed by atoms with Crippen LogP contribution < -0.4 is 9.47 Å². The molecule has 0 bridgehead atoms. The number of carbonyl (C=O) groups excluding carboxylic acids is 1. The molecule has 2 saturated heterocycles. The number of likely N-dealkylation sites (tertiary alicyclic amines) is 1. The van der Waals surface area contributed by atoms with E-state index in [9.17, 15) is 4.79 Å². The number of benzene rings is 2. The molecule has 0 spiro atoms. The van der Waals surface area contributed by atoms with Crippen LogP contribution in [0.3, 0.4) is 0 Å². The summed E-state index contributed by atoms with van der Waals surface area (Å²) >= 11 is 0. The summed E-state index contributed by atoms with van der Waals surface area (Å²) in [6, 6.07) is 15.0. The van der Waals surface area contributed by atoms with Gasteiger partial charge in [0.2, 0.25) is 6.79 Å². The van der Waals surface area contributed by atoms with Gasteiger partial charge in [0, 0.05) is 57.4 Å². The maximum absolute atomic E-state index is 11.7. The van der Waals surface area contributed by atoms with Crippen molar-refractivity contribution in [3.63, 3.8) is 0 Å². The van der Waals surface area contributed by atoms with Crippen molar-refractivity contribution in [3.05, 3.63) is 59.2 Å². The average Bonchev–Trinajstić information content (AvgIpc) is 3.28. The lowest BCUT2D eigenvalue weighted by Crippen LogP contribution is -2.54. The zero-order valence-electron chi connectivity index (χ0n) is 19.0. The van der Waals surface area contributed by atoms with Crippen molar-refractivity contribution in [3.8, 4) is 11.5 Å². The fourth-order valence-corrected chi connectivity index (χ4v) is 5.20. The van der Waals surface area contributed by atoms with E-state index in [-0.39, 0.29) is 5.78 Å². The first-order valence-corrected chi connectivity index (χ1v) is 11.8. The number of rotatable bonds is 6. The normalized spacial score (nSPS) is 22.2. The first-order chi connectivity index (χ1) is 15.6. The molecular formula is C26H33N3O3. The van der Waals surface area contributed by atoms with Crippen LogP contribution in [0.4, 0.5) is 0 Å². The number of piperazine rings is 1. The number of hydrogen-bond donors (Lipinski definition) is 0. The smallest absolute Gasteiger partial charge is 0.231 e. The molecule has 1 unspecified atom stereocenters. The molecule has 0 saturated carbocycles. The Bertz CT molecular complexity index is 955. The molecule has 0 amide bonds. The molecule has 6 nitrogen and oxygen atoms in total. The van der Waals surface area contributed by atoms with E-state index < -0.39 is 0 Å². The van der Waals surface area contributed by atoms with Crippen LogP contribution in [0, 0.1) is 0 Å². The van der Waals surface area contributed by atoms with Gasteiger partial charge < -0.3 is 9.47 Å². The van der Waals surface area contributed by atoms with Crippen molar-refractivity contribution in [1.29, 1.82) is 0 Å². The van der Waals surface area contributed by atoms with Gasteiger partial charge in [-0.1, -0.05) is 24.3 Å². The van der Waals surface area contributed by atoms with Crippen molar-refractivity contribution in [2.45, 2.75) is 38.9 Å². The van der Waals surface area contributed by atoms with Crippen molar-refractivity contribution >= 4 is 5.78 Å². The third kappa shape index (κ3) is 4.98. The van der Waals surface area contributed by atoms with Crippen LogP contribution in [0.1, 0.15) is 41.3 Å². The Kier molecular flexibility index (Phi) is 6.44.